The second-order valence-electron chi connectivity index (χ2n) is 7.31. The molecule has 1 amide bonds. The summed E-state index contributed by atoms with van der Waals surface area (Å²) in [5, 5.41) is 0.772. The van der Waals surface area contributed by atoms with E-state index in [4.69, 9.17) is 27.9 Å². The van der Waals surface area contributed by atoms with Gasteiger partial charge in [-0.1, -0.05) is 40.9 Å². The molecule has 0 unspecified atom stereocenters. The number of ether oxygens (including phenoxy) is 1. The number of nitrogens with zero attached hydrogens (tertiary/aromatic N) is 1. The molecule has 0 aromatic heterocycles. The standard InChI is InChI=1S/C21H19Cl2NO3/c1-13-3-2-4-14(9-13)20(26)24-7-5-21(6-8-24)12-18(25)16-10-15(22)11-17(23)19(16)27-21/h2-4,9-11H,5-8,12H2,1H3. The number of ketones is 1. The van der Waals surface area contributed by atoms with E-state index in [2.05, 4.69) is 0 Å². The van der Waals surface area contributed by atoms with Crippen LogP contribution in [0, 0.1) is 6.92 Å². The number of carbonyl (C=O) groups is 2. The van der Waals surface area contributed by atoms with Crippen molar-refractivity contribution in [3.63, 3.8) is 0 Å². The zero-order valence-corrected chi connectivity index (χ0v) is 16.4. The van der Waals surface area contributed by atoms with E-state index in [1.54, 1.807) is 12.1 Å². The lowest BCUT2D eigenvalue weighted by Gasteiger charge is -2.44. The first-order valence-corrected chi connectivity index (χ1v) is 9.70. The van der Waals surface area contributed by atoms with Crippen molar-refractivity contribution in [2.45, 2.75) is 31.8 Å². The fraction of sp³-hybridized carbons (Fsp3) is 0.333. The Morgan fingerprint density at radius 3 is 2.59 bits per heavy atom. The van der Waals surface area contributed by atoms with Crippen molar-refractivity contribution >= 4 is 34.9 Å². The number of hydrogen-bond donors (Lipinski definition) is 0. The van der Waals surface area contributed by atoms with Gasteiger partial charge in [0.1, 0.15) is 11.4 Å². The maximum atomic E-state index is 12.8. The van der Waals surface area contributed by atoms with Gasteiger partial charge in [-0.25, -0.2) is 0 Å². The first-order chi connectivity index (χ1) is 12.9. The predicted molar refractivity (Wildman–Crippen MR) is 105 cm³/mol. The van der Waals surface area contributed by atoms with Crippen molar-refractivity contribution in [1.82, 2.24) is 4.90 Å². The van der Waals surface area contributed by atoms with Gasteiger partial charge in [0.15, 0.2) is 5.78 Å². The minimum absolute atomic E-state index is 0.0147. The Morgan fingerprint density at radius 2 is 1.89 bits per heavy atom. The second-order valence-corrected chi connectivity index (χ2v) is 8.15. The summed E-state index contributed by atoms with van der Waals surface area (Å²) >= 11 is 12.3. The highest BCUT2D eigenvalue weighted by molar-refractivity contribution is 6.36. The second kappa shape index (κ2) is 6.84. The number of halogens is 2. The van der Waals surface area contributed by atoms with Crippen molar-refractivity contribution in [3.05, 3.63) is 63.1 Å². The highest BCUT2D eigenvalue weighted by Gasteiger charge is 2.44. The van der Waals surface area contributed by atoms with Crippen molar-refractivity contribution in [3.8, 4) is 5.75 Å². The zero-order chi connectivity index (χ0) is 19.2. The van der Waals surface area contributed by atoms with Gasteiger partial charge >= 0.3 is 0 Å². The Morgan fingerprint density at radius 1 is 1.15 bits per heavy atom. The molecule has 4 rings (SSSR count). The molecule has 2 aromatic carbocycles. The van der Waals surface area contributed by atoms with Crippen LogP contribution in [0.25, 0.3) is 0 Å². The van der Waals surface area contributed by atoms with Gasteiger partial charge in [-0.3, -0.25) is 9.59 Å². The molecule has 27 heavy (non-hydrogen) atoms. The summed E-state index contributed by atoms with van der Waals surface area (Å²) in [5.74, 6) is 0.413. The van der Waals surface area contributed by atoms with E-state index in [0.29, 0.717) is 52.9 Å². The smallest absolute Gasteiger partial charge is 0.253 e. The monoisotopic (exact) mass is 403 g/mol. The lowest BCUT2D eigenvalue weighted by molar-refractivity contribution is -0.00565. The number of piperidine rings is 1. The molecule has 1 fully saturated rings. The summed E-state index contributed by atoms with van der Waals surface area (Å²) < 4.78 is 6.22. The van der Waals surface area contributed by atoms with Crippen LogP contribution < -0.4 is 4.74 Å². The van der Waals surface area contributed by atoms with Gasteiger partial charge in [-0.2, -0.15) is 0 Å². The molecule has 0 bridgehead atoms. The maximum Gasteiger partial charge on any atom is 0.253 e. The molecule has 0 aliphatic carbocycles. The SMILES string of the molecule is Cc1cccc(C(=O)N2CCC3(CC2)CC(=O)c2cc(Cl)cc(Cl)c2O3)c1. The zero-order valence-electron chi connectivity index (χ0n) is 14.9. The van der Waals surface area contributed by atoms with Crippen LogP contribution in [0.15, 0.2) is 36.4 Å². The van der Waals surface area contributed by atoms with E-state index in [-0.39, 0.29) is 18.1 Å². The first kappa shape index (κ1) is 18.3. The van der Waals surface area contributed by atoms with Crippen LogP contribution in [0.1, 0.15) is 45.5 Å². The summed E-state index contributed by atoms with van der Waals surface area (Å²) in [7, 11) is 0. The van der Waals surface area contributed by atoms with Crippen molar-refractivity contribution in [2.75, 3.05) is 13.1 Å². The molecule has 1 saturated heterocycles. The molecule has 2 heterocycles. The number of fused-ring (bicyclic) bond motifs is 1. The molecule has 1 spiro atoms. The van der Waals surface area contributed by atoms with Crippen LogP contribution in [0.3, 0.4) is 0 Å². The first-order valence-electron chi connectivity index (χ1n) is 8.94. The number of aryl methyl sites for hydroxylation is 1. The van der Waals surface area contributed by atoms with Crippen LogP contribution >= 0.6 is 23.2 Å². The fourth-order valence-corrected chi connectivity index (χ4v) is 4.40. The average Bonchev–Trinajstić information content (AvgIpc) is 2.63. The molecule has 0 atom stereocenters. The molecule has 2 aliphatic heterocycles. The summed E-state index contributed by atoms with van der Waals surface area (Å²) in [5.41, 5.74) is 1.58. The van der Waals surface area contributed by atoms with Crippen LogP contribution in [-0.2, 0) is 0 Å². The quantitative estimate of drug-likeness (QED) is 0.676. The highest BCUT2D eigenvalue weighted by Crippen LogP contribution is 2.44. The maximum absolute atomic E-state index is 12.8. The predicted octanol–water partition coefficient (Wildman–Crippen LogP) is 4.94. The molecular weight excluding hydrogens is 385 g/mol. The number of hydrogen-bond acceptors (Lipinski definition) is 3. The summed E-state index contributed by atoms with van der Waals surface area (Å²) in [6.07, 6.45) is 1.46. The average molecular weight is 404 g/mol. The number of amides is 1. The van der Waals surface area contributed by atoms with Crippen molar-refractivity contribution < 1.29 is 14.3 Å². The highest BCUT2D eigenvalue weighted by atomic mass is 35.5. The van der Waals surface area contributed by atoms with Gasteiger partial charge in [0.05, 0.1) is 17.0 Å². The van der Waals surface area contributed by atoms with Gasteiger partial charge in [-0.15, -0.1) is 0 Å². The molecule has 2 aliphatic rings. The number of likely N-dealkylation sites (tertiary alicyclic amines) is 1. The number of rotatable bonds is 1. The lowest BCUT2D eigenvalue weighted by atomic mass is 9.82. The Labute approximate surface area is 168 Å². The minimum Gasteiger partial charge on any atom is -0.484 e. The molecular formula is C21H19Cl2NO3. The Bertz CT molecular complexity index is 933. The van der Waals surface area contributed by atoms with E-state index in [0.717, 1.165) is 5.56 Å². The van der Waals surface area contributed by atoms with Crippen LogP contribution in [0.2, 0.25) is 10.0 Å². The molecule has 4 nitrogen and oxygen atoms in total. The van der Waals surface area contributed by atoms with Gasteiger partial charge < -0.3 is 9.64 Å². The Balaban J connectivity index is 1.52. The van der Waals surface area contributed by atoms with E-state index < -0.39 is 5.60 Å². The molecule has 2 aromatic rings. The molecule has 6 heteroatoms. The summed E-state index contributed by atoms with van der Waals surface area (Å²) in [6.45, 7) is 3.05. The third-order valence-corrected chi connectivity index (χ3v) is 5.84. The number of benzene rings is 2. The van der Waals surface area contributed by atoms with E-state index in [1.165, 1.54) is 0 Å². The largest absolute Gasteiger partial charge is 0.484 e. The molecule has 140 valence electrons. The number of Topliss-reactive ketones (excluding diaryl/α,β-unsaturated/α-hetero) is 1. The Hall–Kier alpha value is -2.04. The van der Waals surface area contributed by atoms with Crippen LogP contribution in [0.5, 0.6) is 5.75 Å². The van der Waals surface area contributed by atoms with Crippen LogP contribution in [0.4, 0.5) is 0 Å². The normalized spacial score (nSPS) is 18.2. The van der Waals surface area contributed by atoms with Crippen molar-refractivity contribution in [1.29, 1.82) is 0 Å². The van der Waals surface area contributed by atoms with E-state index >= 15 is 0 Å². The van der Waals surface area contributed by atoms with Crippen molar-refractivity contribution in [2.24, 2.45) is 0 Å². The fourth-order valence-electron chi connectivity index (χ4n) is 3.87. The summed E-state index contributed by atoms with van der Waals surface area (Å²) in [6, 6.07) is 10.8. The third kappa shape index (κ3) is 3.44. The van der Waals surface area contributed by atoms with Gasteiger partial charge in [0, 0.05) is 36.5 Å². The summed E-state index contributed by atoms with van der Waals surface area (Å²) in [4.78, 5) is 27.2. The minimum atomic E-state index is -0.606. The van der Waals surface area contributed by atoms with Crippen LogP contribution in [-0.4, -0.2) is 35.3 Å². The van der Waals surface area contributed by atoms with Gasteiger partial charge in [-0.05, 0) is 31.2 Å². The lowest BCUT2D eigenvalue weighted by Crippen LogP contribution is -2.52. The molecule has 0 N–H and O–H groups in total. The van der Waals surface area contributed by atoms with Gasteiger partial charge in [0.25, 0.3) is 5.91 Å². The van der Waals surface area contributed by atoms with E-state index in [1.807, 2.05) is 36.1 Å². The molecule has 0 saturated carbocycles. The topological polar surface area (TPSA) is 46.6 Å². The third-order valence-electron chi connectivity index (χ3n) is 5.34. The molecule has 0 radical (unpaired) electrons. The Kier molecular flexibility index (Phi) is 4.65. The number of carbonyl (C=O) groups excluding carboxylic acids is 2. The van der Waals surface area contributed by atoms with E-state index in [9.17, 15) is 9.59 Å². The van der Waals surface area contributed by atoms with Gasteiger partial charge in [0.2, 0.25) is 0 Å².